The van der Waals surface area contributed by atoms with Gasteiger partial charge in [0.05, 0.1) is 5.56 Å². The van der Waals surface area contributed by atoms with Gasteiger partial charge in [0, 0.05) is 11.1 Å². The summed E-state index contributed by atoms with van der Waals surface area (Å²) in [7, 11) is -6.06. The van der Waals surface area contributed by atoms with Crippen LogP contribution in [0.15, 0.2) is 18.2 Å². The fraction of sp³-hybridized carbons (Fsp3) is 0.250. The molecule has 0 aliphatic heterocycles. The molecule has 0 spiro atoms. The summed E-state index contributed by atoms with van der Waals surface area (Å²) in [5, 5.41) is -0.623. The number of hydrogen-bond acceptors (Lipinski definition) is 3. The lowest BCUT2D eigenvalue weighted by Gasteiger charge is -2.12. The summed E-state index contributed by atoms with van der Waals surface area (Å²) in [4.78, 5) is 0. The molecule has 0 amide bonds. The van der Waals surface area contributed by atoms with Gasteiger partial charge in [-0.1, -0.05) is 11.6 Å². The van der Waals surface area contributed by atoms with Crippen LogP contribution in [0.1, 0.15) is 5.56 Å². The molecule has 0 saturated carbocycles. The minimum atomic E-state index is -6.06. The van der Waals surface area contributed by atoms with E-state index in [9.17, 15) is 34.8 Å². The molecule has 0 fully saturated rings. The van der Waals surface area contributed by atoms with Crippen LogP contribution in [0.25, 0.3) is 0 Å². The van der Waals surface area contributed by atoms with Crippen LogP contribution < -0.4 is 4.18 Å². The second-order valence-corrected chi connectivity index (χ2v) is 5.13. The maximum absolute atomic E-state index is 12.3. The number of benzene rings is 1. The van der Waals surface area contributed by atoms with Gasteiger partial charge in [-0.05, 0) is 12.1 Å². The van der Waals surface area contributed by atoms with Crippen LogP contribution in [0.5, 0.6) is 5.75 Å². The van der Waals surface area contributed by atoms with Gasteiger partial charge in [0.1, 0.15) is 5.75 Å². The minimum Gasteiger partial charge on any atom is -0.376 e. The van der Waals surface area contributed by atoms with E-state index in [1.165, 1.54) is 0 Å². The summed E-state index contributed by atoms with van der Waals surface area (Å²) in [5.74, 6) is -1.18. The van der Waals surface area contributed by atoms with Gasteiger partial charge in [0.25, 0.3) is 0 Å². The molecule has 0 radical (unpaired) electrons. The predicted molar refractivity (Wildman–Crippen MR) is 52.1 cm³/mol. The molecule has 0 N–H and O–H groups in total. The zero-order valence-corrected chi connectivity index (χ0v) is 10.1. The first kappa shape index (κ1) is 15.9. The van der Waals surface area contributed by atoms with E-state index in [0.717, 1.165) is 0 Å². The molecule has 108 valence electrons. The molecule has 0 aliphatic carbocycles. The second kappa shape index (κ2) is 4.75. The molecule has 0 aliphatic rings. The Kier molecular flexibility index (Phi) is 3.97. The number of hydrogen-bond donors (Lipinski definition) is 0. The summed E-state index contributed by atoms with van der Waals surface area (Å²) < 4.78 is 97.7. The van der Waals surface area contributed by atoms with Crippen LogP contribution in [0.3, 0.4) is 0 Å². The van der Waals surface area contributed by atoms with Crippen molar-refractivity contribution in [2.24, 2.45) is 0 Å². The molecule has 0 bridgehead atoms. The highest BCUT2D eigenvalue weighted by Crippen LogP contribution is 2.35. The van der Waals surface area contributed by atoms with Crippen LogP contribution in [0.2, 0.25) is 5.02 Å². The normalized spacial score (nSPS) is 13.4. The Bertz CT molecular complexity index is 577. The third-order valence-corrected chi connectivity index (χ3v) is 2.89. The Balaban J connectivity index is 3.21. The van der Waals surface area contributed by atoms with Crippen molar-refractivity contribution < 1.29 is 38.9 Å². The Hall–Kier alpha value is -1.16. The van der Waals surface area contributed by atoms with Crippen molar-refractivity contribution in [2.75, 3.05) is 0 Å². The highest BCUT2D eigenvalue weighted by molar-refractivity contribution is 7.88. The van der Waals surface area contributed by atoms with Crippen LogP contribution in [0.4, 0.5) is 26.3 Å². The van der Waals surface area contributed by atoms with Crippen LogP contribution in [-0.2, 0) is 16.3 Å². The summed E-state index contributed by atoms with van der Waals surface area (Å²) in [6, 6.07) is 1.02. The predicted octanol–water partition coefficient (Wildman–Crippen LogP) is 3.59. The molecule has 19 heavy (non-hydrogen) atoms. The van der Waals surface area contributed by atoms with Crippen molar-refractivity contribution >= 4 is 21.7 Å². The lowest BCUT2D eigenvalue weighted by Crippen LogP contribution is -2.28. The fourth-order valence-electron chi connectivity index (χ4n) is 0.948. The van der Waals surface area contributed by atoms with Crippen molar-refractivity contribution in [1.29, 1.82) is 0 Å². The zero-order chi connectivity index (χ0) is 15.1. The fourth-order valence-corrected chi connectivity index (χ4v) is 1.62. The molecule has 1 rings (SSSR count). The van der Waals surface area contributed by atoms with E-state index in [-0.39, 0.29) is 6.07 Å². The molecule has 1 aromatic rings. The first-order valence-electron chi connectivity index (χ1n) is 4.21. The Morgan fingerprint density at radius 2 is 1.53 bits per heavy atom. The van der Waals surface area contributed by atoms with E-state index in [2.05, 4.69) is 4.18 Å². The second-order valence-electron chi connectivity index (χ2n) is 3.16. The average Bonchev–Trinajstić information content (AvgIpc) is 2.12. The van der Waals surface area contributed by atoms with Crippen molar-refractivity contribution in [1.82, 2.24) is 0 Å². The van der Waals surface area contributed by atoms with Gasteiger partial charge in [-0.15, -0.1) is 0 Å². The van der Waals surface area contributed by atoms with E-state index in [0.29, 0.717) is 12.1 Å². The first-order chi connectivity index (χ1) is 8.33. The van der Waals surface area contributed by atoms with E-state index in [1.54, 1.807) is 0 Å². The SMILES string of the molecule is O=S(=O)(Oc1cc(Cl)cc(C(F)(F)F)c1)C(F)(F)F. The van der Waals surface area contributed by atoms with Gasteiger partial charge in [-0.2, -0.15) is 34.8 Å². The molecule has 0 aromatic heterocycles. The Morgan fingerprint density at radius 3 is 1.95 bits per heavy atom. The highest BCUT2D eigenvalue weighted by atomic mass is 35.5. The molecule has 0 atom stereocenters. The summed E-state index contributed by atoms with van der Waals surface area (Å²) >= 11 is 5.24. The molecular formula is C8H3ClF6O3S. The van der Waals surface area contributed by atoms with E-state index in [4.69, 9.17) is 11.6 Å². The lowest BCUT2D eigenvalue weighted by molar-refractivity contribution is -0.137. The van der Waals surface area contributed by atoms with Gasteiger partial charge in [0.2, 0.25) is 0 Å². The van der Waals surface area contributed by atoms with Crippen LogP contribution in [0, 0.1) is 0 Å². The van der Waals surface area contributed by atoms with E-state index in [1.807, 2.05) is 0 Å². The van der Waals surface area contributed by atoms with Crippen molar-refractivity contribution in [3.8, 4) is 5.75 Å². The molecule has 0 unspecified atom stereocenters. The number of halogens is 7. The summed E-state index contributed by atoms with van der Waals surface area (Å²) in [6.07, 6.45) is -4.91. The lowest BCUT2D eigenvalue weighted by atomic mass is 10.2. The first-order valence-corrected chi connectivity index (χ1v) is 6.00. The maximum atomic E-state index is 12.3. The van der Waals surface area contributed by atoms with Crippen molar-refractivity contribution in [3.05, 3.63) is 28.8 Å². The van der Waals surface area contributed by atoms with Gasteiger partial charge in [-0.3, -0.25) is 0 Å². The number of rotatable bonds is 2. The molecule has 0 saturated heterocycles. The Morgan fingerprint density at radius 1 is 1.00 bits per heavy atom. The molecule has 1 aromatic carbocycles. The monoisotopic (exact) mass is 328 g/mol. The summed E-state index contributed by atoms with van der Waals surface area (Å²) in [6.45, 7) is 0. The average molecular weight is 329 g/mol. The Labute approximate surface area is 107 Å². The van der Waals surface area contributed by atoms with Gasteiger partial charge in [0.15, 0.2) is 0 Å². The van der Waals surface area contributed by atoms with Gasteiger partial charge < -0.3 is 4.18 Å². The van der Waals surface area contributed by atoms with Crippen LogP contribution in [-0.4, -0.2) is 13.9 Å². The topological polar surface area (TPSA) is 43.4 Å². The molecular weight excluding hydrogens is 326 g/mol. The largest absolute Gasteiger partial charge is 0.534 e. The standard InChI is InChI=1S/C8H3ClF6O3S/c9-5-1-4(7(10,11)12)2-6(3-5)18-19(16,17)8(13,14)15/h1-3H. The third-order valence-electron chi connectivity index (χ3n) is 1.69. The van der Waals surface area contributed by atoms with Crippen molar-refractivity contribution in [2.45, 2.75) is 11.7 Å². The summed E-state index contributed by atoms with van der Waals surface area (Å²) in [5.41, 5.74) is -7.19. The molecule has 11 heteroatoms. The molecule has 3 nitrogen and oxygen atoms in total. The smallest absolute Gasteiger partial charge is 0.376 e. The number of alkyl halides is 6. The quantitative estimate of drug-likeness (QED) is 0.473. The van der Waals surface area contributed by atoms with Gasteiger partial charge in [-0.25, -0.2) is 0 Å². The zero-order valence-electron chi connectivity index (χ0n) is 8.51. The van der Waals surface area contributed by atoms with Gasteiger partial charge >= 0.3 is 21.8 Å². The minimum absolute atomic E-state index is 0.0924. The van der Waals surface area contributed by atoms with Crippen molar-refractivity contribution in [3.63, 3.8) is 0 Å². The maximum Gasteiger partial charge on any atom is 0.534 e. The third kappa shape index (κ3) is 3.90. The van der Waals surface area contributed by atoms with Crippen LogP contribution >= 0.6 is 11.6 Å². The van der Waals surface area contributed by atoms with E-state index >= 15 is 0 Å². The highest BCUT2D eigenvalue weighted by Gasteiger charge is 2.48. The molecule has 0 heterocycles. The van der Waals surface area contributed by atoms with E-state index < -0.39 is 38.1 Å².